The van der Waals surface area contributed by atoms with Crippen molar-refractivity contribution in [2.45, 2.75) is 32.7 Å². The zero-order valence-electron chi connectivity index (χ0n) is 12.5. The van der Waals surface area contributed by atoms with E-state index in [2.05, 4.69) is 9.98 Å². The predicted octanol–water partition coefficient (Wildman–Crippen LogP) is 1.43. The molecule has 0 atom stereocenters. The van der Waals surface area contributed by atoms with Crippen molar-refractivity contribution < 1.29 is 5.11 Å². The Balaban J connectivity index is 2.20. The van der Waals surface area contributed by atoms with E-state index in [0.717, 1.165) is 28.5 Å². The first kappa shape index (κ1) is 14.3. The van der Waals surface area contributed by atoms with E-state index in [1.54, 1.807) is 6.07 Å². The van der Waals surface area contributed by atoms with Gasteiger partial charge in [0.15, 0.2) is 0 Å². The molecular weight excluding hydrogens is 282 g/mol. The lowest BCUT2D eigenvalue weighted by Gasteiger charge is -2.12. The summed E-state index contributed by atoms with van der Waals surface area (Å²) in [5.74, 6) is -0.384. The first-order valence-corrected chi connectivity index (χ1v) is 7.16. The second-order valence-corrected chi connectivity index (χ2v) is 5.63. The Labute approximate surface area is 126 Å². The maximum absolute atomic E-state index is 12.1. The average molecular weight is 299 g/mol. The largest absolute Gasteiger partial charge is 0.493 e. The molecule has 114 valence electrons. The van der Waals surface area contributed by atoms with Crippen LogP contribution in [0.1, 0.15) is 29.5 Å². The highest BCUT2D eigenvalue weighted by Gasteiger charge is 2.20. The van der Waals surface area contributed by atoms with Crippen LogP contribution < -0.4 is 11.2 Å². The Morgan fingerprint density at radius 3 is 2.68 bits per heavy atom. The van der Waals surface area contributed by atoms with Gasteiger partial charge in [-0.05, 0) is 38.3 Å². The van der Waals surface area contributed by atoms with Crippen molar-refractivity contribution in [1.29, 1.82) is 0 Å². The van der Waals surface area contributed by atoms with Gasteiger partial charge in [0.25, 0.3) is 5.56 Å². The standard InChI is InChI=1S/C16H17N3O3/c1-9-3-6-13(10(2)7-9)19-15(21)12(8-17-11-4-5-11)14(20)18-16(19)22/h3,6-8,11,21H,4-5H2,1-2H3,(H,18,20,22). The van der Waals surface area contributed by atoms with Crippen LogP contribution in [-0.2, 0) is 0 Å². The lowest BCUT2D eigenvalue weighted by molar-refractivity contribution is 0.430. The average Bonchev–Trinajstić information content (AvgIpc) is 3.24. The van der Waals surface area contributed by atoms with Crippen LogP contribution in [0.15, 0.2) is 32.8 Å². The van der Waals surface area contributed by atoms with Crippen LogP contribution in [0.5, 0.6) is 5.88 Å². The van der Waals surface area contributed by atoms with Gasteiger partial charge in [-0.25, -0.2) is 9.36 Å². The van der Waals surface area contributed by atoms with E-state index in [0.29, 0.717) is 5.69 Å². The van der Waals surface area contributed by atoms with E-state index in [1.165, 1.54) is 6.21 Å². The van der Waals surface area contributed by atoms with Crippen LogP contribution in [0.2, 0.25) is 0 Å². The molecule has 1 fully saturated rings. The number of H-pyrrole nitrogens is 1. The minimum absolute atomic E-state index is 0.00600. The summed E-state index contributed by atoms with van der Waals surface area (Å²) in [4.78, 5) is 30.4. The Morgan fingerprint density at radius 2 is 2.05 bits per heavy atom. The third kappa shape index (κ3) is 2.59. The molecule has 2 aromatic rings. The molecule has 1 saturated carbocycles. The zero-order chi connectivity index (χ0) is 15.9. The first-order chi connectivity index (χ1) is 10.5. The Hall–Kier alpha value is -2.63. The van der Waals surface area contributed by atoms with Crippen LogP contribution in [0.25, 0.3) is 5.69 Å². The summed E-state index contributed by atoms with van der Waals surface area (Å²) in [5, 5.41) is 10.4. The lowest BCUT2D eigenvalue weighted by Crippen LogP contribution is -2.31. The van der Waals surface area contributed by atoms with Crippen molar-refractivity contribution >= 4 is 6.21 Å². The van der Waals surface area contributed by atoms with Gasteiger partial charge in [-0.15, -0.1) is 0 Å². The van der Waals surface area contributed by atoms with Crippen LogP contribution in [0.3, 0.4) is 0 Å². The Kier molecular flexibility index (Phi) is 3.44. The van der Waals surface area contributed by atoms with E-state index in [4.69, 9.17) is 0 Å². The minimum Gasteiger partial charge on any atom is -0.493 e. The molecule has 2 N–H and O–H groups in total. The molecule has 22 heavy (non-hydrogen) atoms. The molecule has 6 heteroatoms. The number of aromatic amines is 1. The highest BCUT2D eigenvalue weighted by Crippen LogP contribution is 2.24. The van der Waals surface area contributed by atoms with E-state index in [1.807, 2.05) is 26.0 Å². The summed E-state index contributed by atoms with van der Waals surface area (Å²) >= 11 is 0. The molecule has 1 aromatic carbocycles. The summed E-state index contributed by atoms with van der Waals surface area (Å²) in [5.41, 5.74) is 1.12. The second-order valence-electron chi connectivity index (χ2n) is 5.63. The molecule has 0 spiro atoms. The predicted molar refractivity (Wildman–Crippen MR) is 84.4 cm³/mol. The number of nitrogens with zero attached hydrogens (tertiary/aromatic N) is 2. The van der Waals surface area contributed by atoms with Crippen LogP contribution in [-0.4, -0.2) is 26.9 Å². The van der Waals surface area contributed by atoms with Crippen LogP contribution in [0, 0.1) is 13.8 Å². The number of nitrogens with one attached hydrogen (secondary N) is 1. The first-order valence-electron chi connectivity index (χ1n) is 7.16. The van der Waals surface area contributed by atoms with Crippen molar-refractivity contribution in [3.63, 3.8) is 0 Å². The highest BCUT2D eigenvalue weighted by molar-refractivity contribution is 5.82. The molecule has 0 amide bonds. The lowest BCUT2D eigenvalue weighted by atomic mass is 10.1. The summed E-state index contributed by atoms with van der Waals surface area (Å²) in [6.45, 7) is 3.79. The molecule has 0 radical (unpaired) electrons. The number of aliphatic imine (C=N–C) groups is 1. The number of hydrogen-bond acceptors (Lipinski definition) is 4. The van der Waals surface area contributed by atoms with Crippen LogP contribution >= 0.6 is 0 Å². The van der Waals surface area contributed by atoms with Crippen molar-refractivity contribution in [2.24, 2.45) is 4.99 Å². The van der Waals surface area contributed by atoms with Gasteiger partial charge in [-0.1, -0.05) is 17.7 Å². The summed E-state index contributed by atoms with van der Waals surface area (Å²) in [6, 6.07) is 5.72. The van der Waals surface area contributed by atoms with E-state index >= 15 is 0 Å². The molecule has 1 aromatic heterocycles. The molecular formula is C16H17N3O3. The van der Waals surface area contributed by atoms with Crippen molar-refractivity contribution in [1.82, 2.24) is 9.55 Å². The van der Waals surface area contributed by atoms with E-state index < -0.39 is 11.2 Å². The molecule has 1 heterocycles. The number of aryl methyl sites for hydroxylation is 2. The molecule has 1 aliphatic carbocycles. The maximum Gasteiger partial charge on any atom is 0.335 e. The third-order valence-corrected chi connectivity index (χ3v) is 3.68. The third-order valence-electron chi connectivity index (χ3n) is 3.68. The number of aromatic nitrogens is 2. The number of hydrogen-bond donors (Lipinski definition) is 2. The van der Waals surface area contributed by atoms with Gasteiger partial charge in [-0.2, -0.15) is 0 Å². The van der Waals surface area contributed by atoms with Gasteiger partial charge in [0.1, 0.15) is 5.56 Å². The van der Waals surface area contributed by atoms with Gasteiger partial charge in [0.05, 0.1) is 11.7 Å². The van der Waals surface area contributed by atoms with Crippen molar-refractivity contribution in [3.8, 4) is 11.6 Å². The van der Waals surface area contributed by atoms with Gasteiger partial charge in [-0.3, -0.25) is 14.8 Å². The Bertz CT molecular complexity index is 873. The number of benzene rings is 1. The molecule has 0 aliphatic heterocycles. The normalized spacial score (nSPS) is 14.6. The fraction of sp³-hybridized carbons (Fsp3) is 0.312. The smallest absolute Gasteiger partial charge is 0.335 e. The fourth-order valence-electron chi connectivity index (χ4n) is 2.34. The molecule has 3 rings (SSSR count). The van der Waals surface area contributed by atoms with E-state index in [-0.39, 0.29) is 17.5 Å². The minimum atomic E-state index is -0.668. The Morgan fingerprint density at radius 1 is 1.32 bits per heavy atom. The molecule has 0 unspecified atom stereocenters. The molecule has 0 bridgehead atoms. The summed E-state index contributed by atoms with van der Waals surface area (Å²) in [6.07, 6.45) is 3.34. The van der Waals surface area contributed by atoms with Crippen molar-refractivity contribution in [3.05, 3.63) is 55.7 Å². The van der Waals surface area contributed by atoms with Gasteiger partial charge in [0.2, 0.25) is 5.88 Å². The maximum atomic E-state index is 12.1. The molecule has 0 saturated heterocycles. The molecule has 6 nitrogen and oxygen atoms in total. The quantitative estimate of drug-likeness (QED) is 0.840. The zero-order valence-corrected chi connectivity index (χ0v) is 12.5. The van der Waals surface area contributed by atoms with Gasteiger partial charge >= 0.3 is 5.69 Å². The topological polar surface area (TPSA) is 87.4 Å². The van der Waals surface area contributed by atoms with E-state index in [9.17, 15) is 14.7 Å². The van der Waals surface area contributed by atoms with Crippen LogP contribution in [0.4, 0.5) is 0 Å². The monoisotopic (exact) mass is 299 g/mol. The highest BCUT2D eigenvalue weighted by atomic mass is 16.3. The fourth-order valence-corrected chi connectivity index (χ4v) is 2.34. The number of rotatable bonds is 3. The van der Waals surface area contributed by atoms with Gasteiger partial charge in [0, 0.05) is 6.21 Å². The second kappa shape index (κ2) is 5.29. The summed E-state index contributed by atoms with van der Waals surface area (Å²) in [7, 11) is 0. The summed E-state index contributed by atoms with van der Waals surface area (Å²) < 4.78 is 1.10. The SMILES string of the molecule is Cc1ccc(-n2c(O)c(C=NC3CC3)c(=O)[nH]c2=O)c(C)c1. The number of aromatic hydroxyl groups is 1. The van der Waals surface area contributed by atoms with Gasteiger partial charge < -0.3 is 5.11 Å². The van der Waals surface area contributed by atoms with Crippen molar-refractivity contribution in [2.75, 3.05) is 0 Å². The molecule has 1 aliphatic rings.